The van der Waals surface area contributed by atoms with Gasteiger partial charge in [-0.15, -0.1) is 0 Å². The molecule has 1 saturated heterocycles. The van der Waals surface area contributed by atoms with E-state index in [4.69, 9.17) is 0 Å². The molecule has 1 N–H and O–H groups in total. The molecule has 2 aliphatic rings. The van der Waals surface area contributed by atoms with Crippen molar-refractivity contribution in [3.8, 4) is 0 Å². The largest absolute Gasteiger partial charge is 0.315 e. The van der Waals surface area contributed by atoms with Crippen molar-refractivity contribution in [1.29, 1.82) is 0 Å². The molecule has 0 aromatic rings. The third kappa shape index (κ3) is 2.55. The van der Waals surface area contributed by atoms with Crippen LogP contribution in [0.4, 0.5) is 0 Å². The number of nitrogens with zero attached hydrogens (tertiary/aromatic N) is 1. The van der Waals surface area contributed by atoms with Gasteiger partial charge >= 0.3 is 0 Å². The zero-order valence-electron chi connectivity index (χ0n) is 12.5. The summed E-state index contributed by atoms with van der Waals surface area (Å²) in [6, 6.07) is 0.189. The molecule has 4 nitrogen and oxygen atoms in total. The zero-order chi connectivity index (χ0) is 14.2. The molecule has 19 heavy (non-hydrogen) atoms. The minimum absolute atomic E-state index is 0.0258. The lowest BCUT2D eigenvalue weighted by atomic mass is 10.00. The van der Waals surface area contributed by atoms with Gasteiger partial charge in [0.2, 0.25) is 11.8 Å². The lowest BCUT2D eigenvalue weighted by Crippen LogP contribution is -2.45. The van der Waals surface area contributed by atoms with Crippen molar-refractivity contribution in [2.75, 3.05) is 13.6 Å². The summed E-state index contributed by atoms with van der Waals surface area (Å²) in [6.45, 7) is 6.89. The Labute approximate surface area is 115 Å². The van der Waals surface area contributed by atoms with Gasteiger partial charge in [-0.25, -0.2) is 0 Å². The van der Waals surface area contributed by atoms with Gasteiger partial charge in [-0.1, -0.05) is 27.2 Å². The van der Waals surface area contributed by atoms with Crippen LogP contribution >= 0.6 is 0 Å². The smallest absolute Gasteiger partial charge is 0.233 e. The Morgan fingerprint density at radius 1 is 1.21 bits per heavy atom. The van der Waals surface area contributed by atoms with Crippen LogP contribution in [0, 0.1) is 23.7 Å². The molecule has 3 unspecified atom stereocenters. The average molecular weight is 266 g/mol. The highest BCUT2D eigenvalue weighted by Crippen LogP contribution is 2.44. The molecule has 4 heteroatoms. The van der Waals surface area contributed by atoms with Gasteiger partial charge in [0, 0.05) is 12.6 Å². The van der Waals surface area contributed by atoms with E-state index in [2.05, 4.69) is 26.1 Å². The lowest BCUT2D eigenvalue weighted by Gasteiger charge is -2.26. The van der Waals surface area contributed by atoms with Gasteiger partial charge in [-0.05, 0) is 31.7 Å². The number of rotatable bonds is 5. The molecular formula is C15H26N2O2. The number of amides is 2. The van der Waals surface area contributed by atoms with Crippen molar-refractivity contribution in [3.05, 3.63) is 0 Å². The van der Waals surface area contributed by atoms with Crippen LogP contribution in [0.15, 0.2) is 0 Å². The van der Waals surface area contributed by atoms with Crippen molar-refractivity contribution in [2.45, 2.75) is 46.1 Å². The molecule has 1 heterocycles. The third-order valence-electron chi connectivity index (χ3n) is 4.96. The first-order valence-corrected chi connectivity index (χ1v) is 7.52. The molecule has 0 aromatic heterocycles. The summed E-state index contributed by atoms with van der Waals surface area (Å²) in [5.41, 5.74) is 0. The van der Waals surface area contributed by atoms with Crippen LogP contribution in [-0.4, -0.2) is 36.3 Å². The summed E-state index contributed by atoms with van der Waals surface area (Å²) in [6.07, 6.45) is 2.90. The normalized spacial score (nSPS) is 32.3. The van der Waals surface area contributed by atoms with E-state index >= 15 is 0 Å². The Bertz CT molecular complexity index is 343. The highest BCUT2D eigenvalue weighted by molar-refractivity contribution is 6.05. The Morgan fingerprint density at radius 3 is 2.11 bits per heavy atom. The summed E-state index contributed by atoms with van der Waals surface area (Å²) in [4.78, 5) is 26.3. The topological polar surface area (TPSA) is 49.4 Å². The van der Waals surface area contributed by atoms with Gasteiger partial charge in [-0.3, -0.25) is 14.5 Å². The van der Waals surface area contributed by atoms with Crippen LogP contribution in [0.2, 0.25) is 0 Å². The van der Waals surface area contributed by atoms with Crippen LogP contribution in [-0.2, 0) is 9.59 Å². The number of carbonyl (C=O) groups is 2. The molecule has 2 fully saturated rings. The second kappa shape index (κ2) is 5.61. The van der Waals surface area contributed by atoms with E-state index in [1.165, 1.54) is 4.90 Å². The standard InChI is InChI=1S/C15H26N2O2/c1-5-10-6-11-12(7-10)15(19)17(14(11)18)8-13(16-4)9(2)3/h9-13,16H,5-8H2,1-4H3. The maximum atomic E-state index is 12.4. The fraction of sp³-hybridized carbons (Fsp3) is 0.867. The number of imide groups is 1. The van der Waals surface area contributed by atoms with Gasteiger partial charge < -0.3 is 5.32 Å². The molecule has 1 aliphatic heterocycles. The molecule has 2 amide bonds. The van der Waals surface area contributed by atoms with E-state index < -0.39 is 0 Å². The summed E-state index contributed by atoms with van der Waals surface area (Å²) in [5, 5.41) is 3.21. The van der Waals surface area contributed by atoms with E-state index in [-0.39, 0.29) is 29.7 Å². The Kier molecular flexibility index (Phi) is 4.29. The van der Waals surface area contributed by atoms with Crippen LogP contribution in [0.1, 0.15) is 40.0 Å². The van der Waals surface area contributed by atoms with E-state index in [9.17, 15) is 9.59 Å². The van der Waals surface area contributed by atoms with Gasteiger partial charge in [-0.2, -0.15) is 0 Å². The maximum absolute atomic E-state index is 12.4. The molecule has 0 bridgehead atoms. The Hall–Kier alpha value is -0.900. The van der Waals surface area contributed by atoms with Crippen LogP contribution in [0.5, 0.6) is 0 Å². The lowest BCUT2D eigenvalue weighted by molar-refractivity contribution is -0.141. The summed E-state index contributed by atoms with van der Waals surface area (Å²) >= 11 is 0. The molecule has 2 rings (SSSR count). The summed E-state index contributed by atoms with van der Waals surface area (Å²) < 4.78 is 0. The maximum Gasteiger partial charge on any atom is 0.233 e. The van der Waals surface area contributed by atoms with Crippen molar-refractivity contribution in [2.24, 2.45) is 23.7 Å². The predicted octanol–water partition coefficient (Wildman–Crippen LogP) is 1.65. The number of carbonyl (C=O) groups excluding carboxylic acids is 2. The minimum atomic E-state index is -0.0258. The molecule has 3 atom stereocenters. The highest BCUT2D eigenvalue weighted by Gasteiger charge is 2.52. The van der Waals surface area contributed by atoms with Gasteiger partial charge in [0.25, 0.3) is 0 Å². The molecule has 0 aromatic carbocycles. The predicted molar refractivity (Wildman–Crippen MR) is 74.4 cm³/mol. The summed E-state index contributed by atoms with van der Waals surface area (Å²) in [7, 11) is 1.89. The van der Waals surface area contributed by atoms with Crippen molar-refractivity contribution < 1.29 is 9.59 Å². The minimum Gasteiger partial charge on any atom is -0.315 e. The quantitative estimate of drug-likeness (QED) is 0.770. The fourth-order valence-electron chi connectivity index (χ4n) is 3.54. The molecule has 0 spiro atoms. The third-order valence-corrected chi connectivity index (χ3v) is 4.96. The second-order valence-corrected chi connectivity index (χ2v) is 6.38. The number of hydrogen-bond donors (Lipinski definition) is 1. The highest BCUT2D eigenvalue weighted by atomic mass is 16.2. The molecule has 0 radical (unpaired) electrons. The van der Waals surface area contributed by atoms with E-state index in [1.807, 2.05) is 7.05 Å². The molecule has 1 saturated carbocycles. The second-order valence-electron chi connectivity index (χ2n) is 6.38. The van der Waals surface area contributed by atoms with Crippen LogP contribution < -0.4 is 5.32 Å². The first kappa shape index (κ1) is 14.5. The van der Waals surface area contributed by atoms with Crippen molar-refractivity contribution in [1.82, 2.24) is 10.2 Å². The average Bonchev–Trinajstić information content (AvgIpc) is 2.89. The molecule has 108 valence electrons. The number of nitrogens with one attached hydrogen (secondary N) is 1. The number of likely N-dealkylation sites (tertiary alicyclic amines) is 1. The van der Waals surface area contributed by atoms with Gasteiger partial charge in [0.05, 0.1) is 11.8 Å². The fourth-order valence-corrected chi connectivity index (χ4v) is 3.54. The summed E-state index contributed by atoms with van der Waals surface area (Å²) in [5.74, 6) is 1.08. The van der Waals surface area contributed by atoms with Gasteiger partial charge in [0.15, 0.2) is 0 Å². The van der Waals surface area contributed by atoms with Crippen LogP contribution in [0.3, 0.4) is 0 Å². The number of likely N-dealkylation sites (N-methyl/N-ethyl adjacent to an activating group) is 1. The SMILES string of the molecule is CCC1CC2C(=O)N(CC(NC)C(C)C)C(=O)C2C1. The van der Waals surface area contributed by atoms with Crippen LogP contribution in [0.25, 0.3) is 0 Å². The monoisotopic (exact) mass is 266 g/mol. The Balaban J connectivity index is 2.06. The zero-order valence-corrected chi connectivity index (χ0v) is 12.5. The first-order valence-electron chi connectivity index (χ1n) is 7.52. The van der Waals surface area contributed by atoms with Crippen molar-refractivity contribution >= 4 is 11.8 Å². The first-order chi connectivity index (χ1) is 8.99. The molecule has 1 aliphatic carbocycles. The Morgan fingerprint density at radius 2 is 1.74 bits per heavy atom. The van der Waals surface area contributed by atoms with E-state index in [1.54, 1.807) is 0 Å². The number of fused-ring (bicyclic) bond motifs is 1. The van der Waals surface area contributed by atoms with E-state index in [0.29, 0.717) is 18.4 Å². The van der Waals surface area contributed by atoms with E-state index in [0.717, 1.165) is 19.3 Å². The van der Waals surface area contributed by atoms with Gasteiger partial charge in [0.1, 0.15) is 0 Å². The number of hydrogen-bond acceptors (Lipinski definition) is 3. The molecular weight excluding hydrogens is 240 g/mol. The van der Waals surface area contributed by atoms with Crippen molar-refractivity contribution in [3.63, 3.8) is 0 Å².